The second-order valence-electron chi connectivity index (χ2n) is 6.94. The molecule has 2 aromatic carbocycles. The van der Waals surface area contributed by atoms with Crippen LogP contribution in [-0.2, 0) is 34.4 Å². The summed E-state index contributed by atoms with van der Waals surface area (Å²) in [5, 5.41) is 2.69. The van der Waals surface area contributed by atoms with Crippen LogP contribution < -0.4 is 4.83 Å². The van der Waals surface area contributed by atoms with Crippen LogP contribution >= 0.6 is 46.4 Å². The second kappa shape index (κ2) is 8.34. The van der Waals surface area contributed by atoms with Gasteiger partial charge in [0.15, 0.2) is 5.94 Å². The zero-order valence-corrected chi connectivity index (χ0v) is 19.2. The van der Waals surface area contributed by atoms with Crippen molar-refractivity contribution in [1.29, 1.82) is 0 Å². The van der Waals surface area contributed by atoms with E-state index in [2.05, 4.69) is 4.83 Å². The van der Waals surface area contributed by atoms with E-state index in [1.54, 1.807) is 24.1 Å². The van der Waals surface area contributed by atoms with Gasteiger partial charge >= 0.3 is 10.2 Å². The van der Waals surface area contributed by atoms with Gasteiger partial charge in [0, 0.05) is 25.2 Å². The fraction of sp³-hybridized carbons (Fsp3) is 0.263. The fourth-order valence-corrected chi connectivity index (χ4v) is 5.84. The van der Waals surface area contributed by atoms with E-state index in [9.17, 15) is 13.2 Å². The lowest BCUT2D eigenvalue weighted by molar-refractivity contribution is 0.216. The summed E-state index contributed by atoms with van der Waals surface area (Å²) < 4.78 is 27.2. The number of hydrogen-bond acceptors (Lipinski definition) is 4. The fourth-order valence-electron chi connectivity index (χ4n) is 3.71. The summed E-state index contributed by atoms with van der Waals surface area (Å²) in [6, 6.07) is 6.96. The molecule has 0 spiro atoms. The van der Waals surface area contributed by atoms with Crippen molar-refractivity contribution in [3.05, 3.63) is 66.6 Å². The van der Waals surface area contributed by atoms with Gasteiger partial charge in [-0.25, -0.2) is 14.1 Å². The normalized spacial score (nSPS) is 16.8. The highest BCUT2D eigenvalue weighted by Crippen LogP contribution is 2.38. The van der Waals surface area contributed by atoms with Crippen molar-refractivity contribution in [2.45, 2.75) is 19.4 Å². The molecular weight excluding hydrogens is 492 g/mol. The minimum Gasteiger partial charge on any atom is -0.245 e. The number of benzene rings is 2. The van der Waals surface area contributed by atoms with Crippen LogP contribution in [0.2, 0.25) is 20.1 Å². The Labute approximate surface area is 194 Å². The minimum absolute atomic E-state index is 0.0713. The average molecular weight is 507 g/mol. The first kappa shape index (κ1) is 21.9. The minimum atomic E-state index is -4.11. The molecule has 11 heteroatoms. The summed E-state index contributed by atoms with van der Waals surface area (Å²) >= 11 is 24.7. The topological polar surface area (TPSA) is 69.7 Å². The Kier molecular flexibility index (Phi) is 6.10. The molecule has 0 saturated heterocycles. The van der Waals surface area contributed by atoms with Crippen LogP contribution in [0.4, 0.5) is 0 Å². The summed E-state index contributed by atoms with van der Waals surface area (Å²) in [5.41, 5.74) is 2.64. The molecule has 4 rings (SSSR count). The van der Waals surface area contributed by atoms with Crippen molar-refractivity contribution < 1.29 is 13.2 Å². The van der Waals surface area contributed by atoms with Gasteiger partial charge < -0.3 is 0 Å². The zero-order valence-electron chi connectivity index (χ0n) is 15.4. The van der Waals surface area contributed by atoms with Crippen LogP contribution in [0.25, 0.3) is 5.70 Å². The van der Waals surface area contributed by atoms with E-state index in [1.165, 1.54) is 5.01 Å². The molecule has 0 saturated carbocycles. The van der Waals surface area contributed by atoms with Gasteiger partial charge in [0.1, 0.15) is 5.70 Å². The van der Waals surface area contributed by atoms with Crippen LogP contribution in [0.1, 0.15) is 22.3 Å². The van der Waals surface area contributed by atoms with E-state index in [0.717, 1.165) is 21.0 Å². The summed E-state index contributed by atoms with van der Waals surface area (Å²) in [5.74, 6) is 1.73. The molecule has 0 fully saturated rings. The van der Waals surface area contributed by atoms with Crippen LogP contribution in [-0.4, -0.2) is 36.8 Å². The van der Waals surface area contributed by atoms with Gasteiger partial charge in [0.25, 0.3) is 0 Å². The molecule has 0 aliphatic carbocycles. The predicted octanol–water partition coefficient (Wildman–Crippen LogP) is 4.14. The highest BCUT2D eigenvalue weighted by atomic mass is 35.5. The van der Waals surface area contributed by atoms with Gasteiger partial charge in [-0.3, -0.25) is 0 Å². The van der Waals surface area contributed by atoms with Crippen molar-refractivity contribution in [2.75, 3.05) is 13.1 Å². The number of rotatable bonds is 3. The Bertz CT molecular complexity index is 1200. The number of halogens is 4. The molecule has 1 N–H and O–H groups in total. The molecule has 2 aromatic rings. The molecule has 0 amide bonds. The van der Waals surface area contributed by atoms with Gasteiger partial charge in [-0.2, -0.15) is 8.42 Å². The molecule has 30 heavy (non-hydrogen) atoms. The van der Waals surface area contributed by atoms with E-state index in [4.69, 9.17) is 46.4 Å². The van der Waals surface area contributed by atoms with Gasteiger partial charge in [-0.15, -0.1) is 4.83 Å². The molecule has 0 radical (unpaired) electrons. The summed E-state index contributed by atoms with van der Waals surface area (Å²) in [4.78, 5) is 14.3. The van der Waals surface area contributed by atoms with Gasteiger partial charge in [0.05, 0.1) is 20.1 Å². The highest BCUT2D eigenvalue weighted by molar-refractivity contribution is 7.87. The molecule has 158 valence electrons. The Hall–Kier alpha value is -1.28. The van der Waals surface area contributed by atoms with E-state index in [0.29, 0.717) is 29.4 Å². The van der Waals surface area contributed by atoms with E-state index in [-0.39, 0.29) is 34.4 Å². The third-order valence-corrected chi connectivity index (χ3v) is 8.26. The summed E-state index contributed by atoms with van der Waals surface area (Å²) in [6.07, 6.45) is 0.970. The lowest BCUT2D eigenvalue weighted by Gasteiger charge is -2.35. The van der Waals surface area contributed by atoms with Crippen LogP contribution in [0.15, 0.2) is 24.3 Å². The summed E-state index contributed by atoms with van der Waals surface area (Å²) in [7, 11) is -4.11. The summed E-state index contributed by atoms with van der Waals surface area (Å²) in [6.45, 7) is 0.744. The highest BCUT2D eigenvalue weighted by Gasteiger charge is 2.35. The molecular formula is C19H15Cl4N3O3S. The number of hydrazine groups is 1. The van der Waals surface area contributed by atoms with E-state index >= 15 is 0 Å². The smallest absolute Gasteiger partial charge is 0.245 e. The maximum atomic E-state index is 13.1. The van der Waals surface area contributed by atoms with Crippen molar-refractivity contribution in [3.8, 4) is 0 Å². The second-order valence-corrected chi connectivity index (χ2v) is 10.1. The first-order chi connectivity index (χ1) is 14.2. The number of carbonyl (C=O) groups excluding carboxylic acids is 1. The Morgan fingerprint density at radius 2 is 1.53 bits per heavy atom. The van der Waals surface area contributed by atoms with Crippen molar-refractivity contribution >= 4 is 68.3 Å². The monoisotopic (exact) mass is 505 g/mol. The zero-order chi connectivity index (χ0) is 21.6. The number of hydrogen-bond donors (Lipinski definition) is 1. The molecule has 0 aromatic heterocycles. The predicted molar refractivity (Wildman–Crippen MR) is 119 cm³/mol. The van der Waals surface area contributed by atoms with Crippen molar-refractivity contribution in [3.63, 3.8) is 0 Å². The first-order valence-corrected chi connectivity index (χ1v) is 11.9. The maximum absolute atomic E-state index is 13.1. The number of nitrogens with zero attached hydrogens (tertiary/aromatic N) is 2. The number of fused-ring (bicyclic) bond motifs is 2. The average Bonchev–Trinajstić information content (AvgIpc) is 2.72. The van der Waals surface area contributed by atoms with Crippen molar-refractivity contribution in [1.82, 2.24) is 14.1 Å². The molecule has 0 bridgehead atoms. The van der Waals surface area contributed by atoms with Crippen molar-refractivity contribution in [2.24, 2.45) is 0 Å². The molecule has 6 nitrogen and oxygen atoms in total. The van der Waals surface area contributed by atoms with Gasteiger partial charge in [-0.1, -0.05) is 58.5 Å². The third kappa shape index (κ3) is 3.85. The van der Waals surface area contributed by atoms with E-state index in [1.807, 2.05) is 6.07 Å². The molecule has 2 aliphatic heterocycles. The standard InChI is InChI=1S/C19H15Cl4N3O3S/c20-14-3-1-11-5-7-25(9-13(11)18(14)22)24-30(28,29)26-8-6-12-2-4-15(21)19(23)17(12)16(26)10-27/h1-4,24H,5-9H2. The quantitative estimate of drug-likeness (QED) is 0.635. The van der Waals surface area contributed by atoms with Crippen LogP contribution in [0, 0.1) is 0 Å². The lowest BCUT2D eigenvalue weighted by atomic mass is 9.98. The largest absolute Gasteiger partial charge is 0.315 e. The van der Waals surface area contributed by atoms with Gasteiger partial charge in [0.2, 0.25) is 0 Å². The molecule has 0 atom stereocenters. The SMILES string of the molecule is O=C=C1c2c(ccc(Cl)c2Cl)CCN1S(=O)(=O)NN1CCc2ccc(Cl)c(Cl)c2C1. The Morgan fingerprint density at radius 1 is 0.900 bits per heavy atom. The Morgan fingerprint density at radius 3 is 2.23 bits per heavy atom. The van der Waals surface area contributed by atoms with Crippen LogP contribution in [0.5, 0.6) is 0 Å². The first-order valence-electron chi connectivity index (χ1n) is 8.96. The van der Waals surface area contributed by atoms with E-state index < -0.39 is 10.2 Å². The maximum Gasteiger partial charge on any atom is 0.315 e. The van der Waals surface area contributed by atoms with Gasteiger partial charge in [-0.05, 0) is 41.7 Å². The number of nitrogens with one attached hydrogen (secondary N) is 1. The Balaban J connectivity index is 1.62. The third-order valence-electron chi connectivity index (χ3n) is 5.18. The molecule has 2 heterocycles. The van der Waals surface area contributed by atoms with Crippen LogP contribution in [0.3, 0.4) is 0 Å². The molecule has 2 aliphatic rings. The molecule has 0 unspecified atom stereocenters. The lowest BCUT2D eigenvalue weighted by Crippen LogP contribution is -2.51.